The van der Waals surface area contributed by atoms with Crippen molar-refractivity contribution in [3.8, 4) is 0 Å². The van der Waals surface area contributed by atoms with E-state index < -0.39 is 0 Å². The molecule has 0 aromatic rings. The van der Waals surface area contributed by atoms with Crippen molar-refractivity contribution in [2.75, 3.05) is 9.36 Å². The average molecular weight is 199 g/mol. The van der Waals surface area contributed by atoms with E-state index in [4.69, 9.17) is 0 Å². The number of hydrogen-bond acceptors (Lipinski definition) is 0. The SMILES string of the molecule is CCCC[I-]C. The van der Waals surface area contributed by atoms with Crippen molar-refractivity contribution in [1.82, 2.24) is 0 Å². The predicted octanol–water partition coefficient (Wildman–Crippen LogP) is -1.49. The van der Waals surface area contributed by atoms with Crippen LogP contribution in [0.25, 0.3) is 0 Å². The van der Waals surface area contributed by atoms with Crippen LogP contribution >= 0.6 is 0 Å². The van der Waals surface area contributed by atoms with E-state index >= 15 is 0 Å². The minimum atomic E-state index is 0.601. The summed E-state index contributed by atoms with van der Waals surface area (Å²) in [6, 6.07) is 0. The molecule has 0 unspecified atom stereocenters. The van der Waals surface area contributed by atoms with Crippen molar-refractivity contribution in [2.45, 2.75) is 19.8 Å². The number of alkyl halides is 2. The maximum absolute atomic E-state index is 2.34. The molecular formula is C5H12I-. The molecule has 0 aliphatic heterocycles. The van der Waals surface area contributed by atoms with Crippen LogP contribution in [0.3, 0.4) is 0 Å². The molecule has 0 saturated heterocycles. The average Bonchev–Trinajstić information content (AvgIpc) is 1.61. The molecule has 0 atom stereocenters. The molecule has 0 aliphatic carbocycles. The molecule has 0 spiro atoms. The quantitative estimate of drug-likeness (QED) is 0.295. The van der Waals surface area contributed by atoms with Crippen LogP contribution in [-0.2, 0) is 0 Å². The Kier molecular flexibility index (Phi) is 6.43. The summed E-state index contributed by atoms with van der Waals surface area (Å²) in [5, 5.41) is 0. The Morgan fingerprint density at radius 1 is 1.50 bits per heavy atom. The van der Waals surface area contributed by atoms with Gasteiger partial charge in [-0.05, 0) is 0 Å². The fraction of sp³-hybridized carbons (Fsp3) is 1.00. The fourth-order valence-corrected chi connectivity index (χ4v) is 1.79. The van der Waals surface area contributed by atoms with Gasteiger partial charge in [0.15, 0.2) is 0 Å². The standard InChI is InChI=1S/C5H12I/c1-3-4-5-6-2/h3-5H2,1-2H3/q-1. The Morgan fingerprint density at radius 3 is 2.33 bits per heavy atom. The molecule has 0 aromatic carbocycles. The Labute approximate surface area is 50.6 Å². The second-order valence-electron chi connectivity index (χ2n) is 1.31. The zero-order valence-corrected chi connectivity index (χ0v) is 6.66. The van der Waals surface area contributed by atoms with E-state index in [9.17, 15) is 0 Å². The van der Waals surface area contributed by atoms with Gasteiger partial charge in [0, 0.05) is 0 Å². The molecule has 0 nitrogen and oxygen atoms in total. The van der Waals surface area contributed by atoms with Crippen molar-refractivity contribution < 1.29 is 21.2 Å². The van der Waals surface area contributed by atoms with Gasteiger partial charge in [-0.2, -0.15) is 0 Å². The van der Waals surface area contributed by atoms with E-state index in [-0.39, 0.29) is 0 Å². The number of hydrogen-bond donors (Lipinski definition) is 0. The molecule has 0 heterocycles. The third kappa shape index (κ3) is 4.73. The Balaban J connectivity index is 2.34. The van der Waals surface area contributed by atoms with Gasteiger partial charge < -0.3 is 0 Å². The number of rotatable bonds is 3. The Morgan fingerprint density at radius 2 is 2.17 bits per heavy atom. The second kappa shape index (κ2) is 5.73. The molecule has 0 aliphatic rings. The molecule has 0 fully saturated rings. The van der Waals surface area contributed by atoms with Crippen molar-refractivity contribution >= 4 is 0 Å². The molecular weight excluding hydrogens is 187 g/mol. The molecule has 1 heteroatoms. The molecule has 0 rings (SSSR count). The Bertz CT molecular complexity index is 15.9. The Hall–Kier alpha value is 0.730. The van der Waals surface area contributed by atoms with Gasteiger partial charge in [0.05, 0.1) is 0 Å². The summed E-state index contributed by atoms with van der Waals surface area (Å²) in [7, 11) is 0. The van der Waals surface area contributed by atoms with Gasteiger partial charge in [-0.15, -0.1) is 0 Å². The first kappa shape index (κ1) is 6.73. The van der Waals surface area contributed by atoms with E-state index in [2.05, 4.69) is 11.9 Å². The molecule has 0 aromatic heterocycles. The van der Waals surface area contributed by atoms with Crippen molar-refractivity contribution in [1.29, 1.82) is 0 Å². The van der Waals surface area contributed by atoms with E-state index in [1.807, 2.05) is 0 Å². The minimum absolute atomic E-state index is 0.601. The summed E-state index contributed by atoms with van der Waals surface area (Å²) >= 11 is 0.601. The van der Waals surface area contributed by atoms with Crippen LogP contribution in [0.4, 0.5) is 0 Å². The topological polar surface area (TPSA) is 0 Å². The van der Waals surface area contributed by atoms with Gasteiger partial charge in [-0.25, -0.2) is 0 Å². The number of halogens is 1. The van der Waals surface area contributed by atoms with Crippen LogP contribution in [-0.4, -0.2) is 9.36 Å². The first-order valence-corrected chi connectivity index (χ1v) is 6.04. The van der Waals surface area contributed by atoms with Gasteiger partial charge in [0.2, 0.25) is 0 Å². The summed E-state index contributed by atoms with van der Waals surface area (Å²) in [5.74, 6) is 0. The summed E-state index contributed by atoms with van der Waals surface area (Å²) in [6.45, 7) is 2.25. The van der Waals surface area contributed by atoms with Gasteiger partial charge in [0.1, 0.15) is 0 Å². The van der Waals surface area contributed by atoms with Crippen LogP contribution in [0.5, 0.6) is 0 Å². The van der Waals surface area contributed by atoms with Gasteiger partial charge in [0.25, 0.3) is 0 Å². The van der Waals surface area contributed by atoms with Gasteiger partial charge in [-0.1, -0.05) is 0 Å². The molecule has 0 bridgehead atoms. The third-order valence-electron chi connectivity index (χ3n) is 0.676. The summed E-state index contributed by atoms with van der Waals surface area (Å²) in [4.78, 5) is 2.34. The van der Waals surface area contributed by atoms with Gasteiger partial charge in [-0.3, -0.25) is 0 Å². The predicted molar refractivity (Wildman–Crippen MR) is 25.7 cm³/mol. The summed E-state index contributed by atoms with van der Waals surface area (Å²) in [6.07, 6.45) is 2.84. The normalized spacial score (nSPS) is 9.67. The fourth-order valence-electron chi connectivity index (χ4n) is 0.267. The second-order valence-corrected chi connectivity index (χ2v) is 3.91. The number of unbranched alkanes of at least 4 members (excludes halogenated alkanes) is 1. The van der Waals surface area contributed by atoms with Crippen molar-refractivity contribution in [3.05, 3.63) is 0 Å². The van der Waals surface area contributed by atoms with Crippen LogP contribution < -0.4 is 21.2 Å². The van der Waals surface area contributed by atoms with Crippen molar-refractivity contribution in [3.63, 3.8) is 0 Å². The molecule has 0 N–H and O–H groups in total. The van der Waals surface area contributed by atoms with Crippen LogP contribution in [0.15, 0.2) is 0 Å². The third-order valence-corrected chi connectivity index (χ3v) is 2.52. The van der Waals surface area contributed by atoms with Crippen molar-refractivity contribution in [2.24, 2.45) is 0 Å². The maximum atomic E-state index is 2.34. The van der Waals surface area contributed by atoms with Gasteiger partial charge >= 0.3 is 50.3 Å². The molecule has 0 radical (unpaired) electrons. The van der Waals surface area contributed by atoms with Crippen LogP contribution in [0, 0.1) is 0 Å². The summed E-state index contributed by atoms with van der Waals surface area (Å²) < 4.78 is 1.52. The molecule has 40 valence electrons. The zero-order chi connectivity index (χ0) is 4.83. The van der Waals surface area contributed by atoms with E-state index in [1.54, 1.807) is 0 Å². The van der Waals surface area contributed by atoms with E-state index in [1.165, 1.54) is 17.3 Å². The zero-order valence-electron chi connectivity index (χ0n) is 4.50. The first-order chi connectivity index (χ1) is 2.91. The van der Waals surface area contributed by atoms with E-state index in [0.29, 0.717) is 21.2 Å². The van der Waals surface area contributed by atoms with Crippen LogP contribution in [0.2, 0.25) is 0 Å². The first-order valence-electron chi connectivity index (χ1n) is 2.35. The molecule has 0 amide bonds. The summed E-state index contributed by atoms with van der Waals surface area (Å²) in [5.41, 5.74) is 0. The van der Waals surface area contributed by atoms with Crippen LogP contribution in [0.1, 0.15) is 19.8 Å². The monoisotopic (exact) mass is 199 g/mol. The van der Waals surface area contributed by atoms with E-state index in [0.717, 1.165) is 0 Å². The molecule has 6 heavy (non-hydrogen) atoms. The molecule has 0 saturated carbocycles.